The van der Waals surface area contributed by atoms with E-state index in [0.29, 0.717) is 5.69 Å². The van der Waals surface area contributed by atoms with Crippen molar-refractivity contribution in [2.75, 3.05) is 12.8 Å². The van der Waals surface area contributed by atoms with Gasteiger partial charge < -0.3 is 20.4 Å². The van der Waals surface area contributed by atoms with Crippen molar-refractivity contribution in [3.8, 4) is 0 Å². The first-order chi connectivity index (χ1) is 9.01. The quantitative estimate of drug-likeness (QED) is 0.757. The molecule has 3 N–H and O–H groups in total. The Kier molecular flexibility index (Phi) is 5.41. The Labute approximate surface area is 112 Å². The van der Waals surface area contributed by atoms with E-state index < -0.39 is 5.97 Å². The maximum Gasteiger partial charge on any atom is 0.354 e. The van der Waals surface area contributed by atoms with E-state index in [0.717, 1.165) is 12.8 Å². The van der Waals surface area contributed by atoms with Gasteiger partial charge in [0, 0.05) is 12.2 Å². The summed E-state index contributed by atoms with van der Waals surface area (Å²) in [7, 11) is 1.29. The number of methoxy groups -OCH3 is 1. The summed E-state index contributed by atoms with van der Waals surface area (Å²) in [5, 5.41) is 2.91. The smallest absolute Gasteiger partial charge is 0.354 e. The molecule has 1 rings (SSSR count). The predicted molar refractivity (Wildman–Crippen MR) is 72.7 cm³/mol. The molecule has 106 valence electrons. The molecule has 0 saturated heterocycles. The van der Waals surface area contributed by atoms with Crippen LogP contribution in [0, 0.1) is 0 Å². The third kappa shape index (κ3) is 4.01. The lowest BCUT2D eigenvalue weighted by Gasteiger charge is -2.15. The molecule has 0 aliphatic carbocycles. The van der Waals surface area contributed by atoms with Crippen molar-refractivity contribution in [2.45, 2.75) is 39.3 Å². The van der Waals surface area contributed by atoms with Gasteiger partial charge in [0.1, 0.15) is 12.2 Å². The topological polar surface area (TPSA) is 86.4 Å². The van der Waals surface area contributed by atoms with Gasteiger partial charge in [-0.15, -0.1) is 0 Å². The Morgan fingerprint density at radius 3 is 2.58 bits per heavy atom. The lowest BCUT2D eigenvalue weighted by Crippen LogP contribution is -2.36. The number of ether oxygens (including phenoxy) is 1. The molecule has 0 fully saturated rings. The summed E-state index contributed by atoms with van der Waals surface area (Å²) in [6.45, 7) is 4.09. The summed E-state index contributed by atoms with van der Waals surface area (Å²) in [5.74, 6) is -0.651. The zero-order valence-corrected chi connectivity index (χ0v) is 11.6. The first-order valence-electron chi connectivity index (χ1n) is 6.35. The maximum atomic E-state index is 11.9. The largest absolute Gasteiger partial charge is 0.464 e. The summed E-state index contributed by atoms with van der Waals surface area (Å²) >= 11 is 0. The first-order valence-corrected chi connectivity index (χ1v) is 6.35. The number of nitrogens with two attached hydrogens (primary N) is 1. The van der Waals surface area contributed by atoms with E-state index in [1.165, 1.54) is 17.7 Å². The minimum absolute atomic E-state index is 0.0537. The van der Waals surface area contributed by atoms with Crippen molar-refractivity contribution in [2.24, 2.45) is 0 Å². The Morgan fingerprint density at radius 2 is 2.05 bits per heavy atom. The van der Waals surface area contributed by atoms with Gasteiger partial charge in [0.2, 0.25) is 5.91 Å². The lowest BCUT2D eigenvalue weighted by molar-refractivity contribution is -0.122. The molecule has 1 aromatic heterocycles. The number of anilines is 1. The van der Waals surface area contributed by atoms with Crippen LogP contribution in [0.1, 0.15) is 37.2 Å². The average molecular weight is 267 g/mol. The van der Waals surface area contributed by atoms with Gasteiger partial charge in [-0.25, -0.2) is 4.79 Å². The van der Waals surface area contributed by atoms with Crippen LogP contribution in [0.3, 0.4) is 0 Å². The number of nitrogen functional groups attached to an aromatic ring is 1. The van der Waals surface area contributed by atoms with Gasteiger partial charge in [0.25, 0.3) is 0 Å². The molecule has 0 aliphatic heterocycles. The monoisotopic (exact) mass is 267 g/mol. The van der Waals surface area contributed by atoms with Crippen molar-refractivity contribution >= 4 is 17.6 Å². The highest BCUT2D eigenvalue weighted by molar-refractivity contribution is 5.89. The van der Waals surface area contributed by atoms with Crippen LogP contribution >= 0.6 is 0 Å². The van der Waals surface area contributed by atoms with E-state index in [-0.39, 0.29) is 24.2 Å². The second-order valence-electron chi connectivity index (χ2n) is 4.36. The van der Waals surface area contributed by atoms with Gasteiger partial charge in [-0.3, -0.25) is 4.79 Å². The molecule has 6 nitrogen and oxygen atoms in total. The van der Waals surface area contributed by atoms with Crippen molar-refractivity contribution in [1.29, 1.82) is 0 Å². The van der Waals surface area contributed by atoms with Crippen molar-refractivity contribution < 1.29 is 14.3 Å². The number of rotatable bonds is 6. The van der Waals surface area contributed by atoms with Crippen LogP contribution in [0.2, 0.25) is 0 Å². The van der Waals surface area contributed by atoms with Crippen LogP contribution in [0.4, 0.5) is 5.69 Å². The highest BCUT2D eigenvalue weighted by Crippen LogP contribution is 2.11. The third-order valence-corrected chi connectivity index (χ3v) is 2.98. The fourth-order valence-electron chi connectivity index (χ4n) is 1.86. The van der Waals surface area contributed by atoms with Gasteiger partial charge in [-0.1, -0.05) is 13.8 Å². The van der Waals surface area contributed by atoms with Crippen LogP contribution in [-0.2, 0) is 16.1 Å². The van der Waals surface area contributed by atoms with E-state index in [4.69, 9.17) is 5.73 Å². The molecular weight excluding hydrogens is 246 g/mol. The fourth-order valence-corrected chi connectivity index (χ4v) is 1.86. The molecule has 0 saturated carbocycles. The third-order valence-electron chi connectivity index (χ3n) is 2.98. The molecule has 1 heterocycles. The zero-order valence-electron chi connectivity index (χ0n) is 11.6. The molecule has 0 spiro atoms. The van der Waals surface area contributed by atoms with E-state index >= 15 is 0 Å². The molecule has 0 atom stereocenters. The first kappa shape index (κ1) is 15.1. The Balaban J connectivity index is 2.76. The summed E-state index contributed by atoms with van der Waals surface area (Å²) in [6.07, 6.45) is 3.30. The maximum absolute atomic E-state index is 11.9. The second-order valence-corrected chi connectivity index (χ2v) is 4.36. The molecule has 19 heavy (non-hydrogen) atoms. The summed E-state index contributed by atoms with van der Waals surface area (Å²) < 4.78 is 6.15. The average Bonchev–Trinajstić information content (AvgIpc) is 2.75. The molecule has 6 heteroatoms. The van der Waals surface area contributed by atoms with Gasteiger partial charge in [0.15, 0.2) is 0 Å². The molecule has 1 amide bonds. The Hall–Kier alpha value is -1.98. The number of amides is 1. The highest BCUT2D eigenvalue weighted by Gasteiger charge is 2.16. The molecular formula is C13H21N3O3. The second kappa shape index (κ2) is 6.82. The molecule has 0 aliphatic rings. The van der Waals surface area contributed by atoms with Gasteiger partial charge in [0.05, 0.1) is 12.8 Å². The van der Waals surface area contributed by atoms with Crippen LogP contribution in [0.25, 0.3) is 0 Å². The summed E-state index contributed by atoms with van der Waals surface area (Å²) in [5.41, 5.74) is 6.35. The van der Waals surface area contributed by atoms with Crippen LogP contribution in [0.15, 0.2) is 12.3 Å². The number of carbonyl (C=O) groups excluding carboxylic acids is 2. The normalized spacial score (nSPS) is 10.5. The predicted octanol–water partition coefficient (Wildman–Crippen LogP) is 1.16. The van der Waals surface area contributed by atoms with E-state index in [1.807, 2.05) is 13.8 Å². The highest BCUT2D eigenvalue weighted by atomic mass is 16.5. The van der Waals surface area contributed by atoms with Crippen LogP contribution < -0.4 is 11.1 Å². The standard InChI is InChI=1S/C13H21N3O3/c1-4-10(5-2)15-12(17)8-16-7-9(14)6-11(16)13(18)19-3/h6-7,10H,4-5,8,14H2,1-3H3,(H,15,17). The number of hydrogen-bond donors (Lipinski definition) is 2. The molecule has 0 aromatic carbocycles. The number of nitrogens with zero attached hydrogens (tertiary/aromatic N) is 1. The Morgan fingerprint density at radius 1 is 1.42 bits per heavy atom. The number of carbonyl (C=O) groups is 2. The minimum atomic E-state index is -0.507. The van der Waals surface area contributed by atoms with Gasteiger partial charge in [-0.05, 0) is 18.9 Å². The van der Waals surface area contributed by atoms with Crippen LogP contribution in [0.5, 0.6) is 0 Å². The van der Waals surface area contributed by atoms with Crippen molar-refractivity contribution in [1.82, 2.24) is 9.88 Å². The Bertz CT molecular complexity index is 450. The molecule has 1 aromatic rings. The van der Waals surface area contributed by atoms with E-state index in [2.05, 4.69) is 10.1 Å². The summed E-state index contributed by atoms with van der Waals surface area (Å²) in [4.78, 5) is 23.4. The fraction of sp³-hybridized carbons (Fsp3) is 0.538. The molecule has 0 bridgehead atoms. The van der Waals surface area contributed by atoms with Crippen LogP contribution in [-0.4, -0.2) is 29.6 Å². The number of hydrogen-bond acceptors (Lipinski definition) is 4. The molecule has 0 unspecified atom stereocenters. The minimum Gasteiger partial charge on any atom is -0.464 e. The van der Waals surface area contributed by atoms with Crippen molar-refractivity contribution in [3.63, 3.8) is 0 Å². The number of aromatic nitrogens is 1. The molecule has 0 radical (unpaired) electrons. The van der Waals surface area contributed by atoms with E-state index in [1.54, 1.807) is 6.20 Å². The number of esters is 1. The SMILES string of the molecule is CCC(CC)NC(=O)Cn1cc(N)cc1C(=O)OC. The van der Waals surface area contributed by atoms with Gasteiger partial charge >= 0.3 is 5.97 Å². The number of nitrogens with one attached hydrogen (secondary N) is 1. The van der Waals surface area contributed by atoms with Gasteiger partial charge in [-0.2, -0.15) is 0 Å². The summed E-state index contributed by atoms with van der Waals surface area (Å²) in [6, 6.07) is 1.65. The van der Waals surface area contributed by atoms with Crippen molar-refractivity contribution in [3.05, 3.63) is 18.0 Å². The zero-order chi connectivity index (χ0) is 14.4. The lowest BCUT2D eigenvalue weighted by atomic mass is 10.2. The van der Waals surface area contributed by atoms with E-state index in [9.17, 15) is 9.59 Å².